The van der Waals surface area contributed by atoms with Crippen molar-refractivity contribution < 1.29 is 14.6 Å². The second-order valence-electron chi connectivity index (χ2n) is 4.70. The van der Waals surface area contributed by atoms with Gasteiger partial charge in [-0.2, -0.15) is 0 Å². The molecule has 104 valence electrons. The lowest BCUT2D eigenvalue weighted by Gasteiger charge is -2.20. The predicted octanol–water partition coefficient (Wildman–Crippen LogP) is 0.659. The van der Waals surface area contributed by atoms with E-state index < -0.39 is 5.97 Å². The fourth-order valence-electron chi connectivity index (χ4n) is 2.45. The molecule has 0 aromatic carbocycles. The molecule has 6 nitrogen and oxygen atoms in total. The molecule has 0 saturated carbocycles. The van der Waals surface area contributed by atoms with Crippen LogP contribution < -0.4 is 10.6 Å². The summed E-state index contributed by atoms with van der Waals surface area (Å²) in [7, 11) is 1.33. The van der Waals surface area contributed by atoms with Gasteiger partial charge in [0, 0.05) is 25.9 Å². The van der Waals surface area contributed by atoms with Gasteiger partial charge >= 0.3 is 5.97 Å². The van der Waals surface area contributed by atoms with Crippen LogP contribution in [-0.4, -0.2) is 42.9 Å². The molecule has 1 atom stereocenters. The van der Waals surface area contributed by atoms with Gasteiger partial charge in [-0.25, -0.2) is 9.78 Å². The first-order chi connectivity index (χ1) is 9.17. The Kier molecular flexibility index (Phi) is 4.21. The van der Waals surface area contributed by atoms with Gasteiger partial charge in [0.2, 0.25) is 0 Å². The Morgan fingerprint density at radius 2 is 2.47 bits per heavy atom. The van der Waals surface area contributed by atoms with Crippen molar-refractivity contribution in [3.05, 3.63) is 17.8 Å². The standard InChI is InChI=1S/C13H19N3O3/c1-19-13(18)10-2-5-15-12(11(10)14)16-6-3-9(8-16)4-7-17/h2,5,9,17H,3-4,6-8,14H2,1H3. The first-order valence-corrected chi connectivity index (χ1v) is 6.36. The van der Waals surface area contributed by atoms with Crippen LogP contribution in [0.2, 0.25) is 0 Å². The molecule has 6 heteroatoms. The number of aliphatic hydroxyl groups excluding tert-OH is 1. The van der Waals surface area contributed by atoms with Crippen molar-refractivity contribution in [2.75, 3.05) is 37.4 Å². The van der Waals surface area contributed by atoms with Crippen LogP contribution in [0.3, 0.4) is 0 Å². The topological polar surface area (TPSA) is 88.7 Å². The van der Waals surface area contributed by atoms with Gasteiger partial charge < -0.3 is 20.5 Å². The van der Waals surface area contributed by atoms with E-state index >= 15 is 0 Å². The summed E-state index contributed by atoms with van der Waals surface area (Å²) in [6.45, 7) is 1.85. The lowest BCUT2D eigenvalue weighted by Crippen LogP contribution is -2.23. The van der Waals surface area contributed by atoms with Crippen molar-refractivity contribution >= 4 is 17.5 Å². The van der Waals surface area contributed by atoms with Crippen LogP contribution in [0.4, 0.5) is 11.5 Å². The Labute approximate surface area is 112 Å². The molecule has 0 spiro atoms. The average Bonchev–Trinajstić information content (AvgIpc) is 2.87. The maximum atomic E-state index is 11.6. The summed E-state index contributed by atoms with van der Waals surface area (Å²) in [6, 6.07) is 1.56. The number of esters is 1. The maximum absolute atomic E-state index is 11.6. The van der Waals surface area contributed by atoms with Gasteiger partial charge in [-0.15, -0.1) is 0 Å². The van der Waals surface area contributed by atoms with E-state index in [2.05, 4.69) is 9.88 Å². The number of carbonyl (C=O) groups is 1. The Bertz CT molecular complexity index is 464. The summed E-state index contributed by atoms with van der Waals surface area (Å²) >= 11 is 0. The van der Waals surface area contributed by atoms with Crippen LogP contribution in [0, 0.1) is 5.92 Å². The number of hydrogen-bond acceptors (Lipinski definition) is 6. The number of aromatic nitrogens is 1. The summed E-state index contributed by atoms with van der Waals surface area (Å²) in [5, 5.41) is 8.97. The fraction of sp³-hybridized carbons (Fsp3) is 0.538. The number of pyridine rings is 1. The molecule has 19 heavy (non-hydrogen) atoms. The monoisotopic (exact) mass is 265 g/mol. The van der Waals surface area contributed by atoms with Crippen molar-refractivity contribution in [3.8, 4) is 0 Å². The minimum Gasteiger partial charge on any atom is -0.465 e. The van der Waals surface area contributed by atoms with E-state index in [0.717, 1.165) is 25.9 Å². The molecule has 0 radical (unpaired) electrons. The number of aliphatic hydroxyl groups is 1. The molecule has 0 bridgehead atoms. The van der Waals surface area contributed by atoms with Crippen molar-refractivity contribution in [1.29, 1.82) is 0 Å². The fourth-order valence-corrected chi connectivity index (χ4v) is 2.45. The smallest absolute Gasteiger partial charge is 0.340 e. The highest BCUT2D eigenvalue weighted by molar-refractivity contribution is 5.97. The number of nitrogens with two attached hydrogens (primary N) is 1. The second kappa shape index (κ2) is 5.88. The molecule has 1 fully saturated rings. The average molecular weight is 265 g/mol. The van der Waals surface area contributed by atoms with Gasteiger partial charge in [-0.3, -0.25) is 0 Å². The molecule has 1 unspecified atom stereocenters. The number of methoxy groups -OCH3 is 1. The number of nitrogens with zero attached hydrogens (tertiary/aromatic N) is 2. The van der Waals surface area contributed by atoms with Gasteiger partial charge in [0.1, 0.15) is 0 Å². The summed E-state index contributed by atoms with van der Waals surface area (Å²) in [5.41, 5.74) is 6.71. The van der Waals surface area contributed by atoms with Gasteiger partial charge in [-0.05, 0) is 24.8 Å². The molecule has 2 rings (SSSR count). The minimum atomic E-state index is -0.452. The highest BCUT2D eigenvalue weighted by Crippen LogP contribution is 2.30. The number of ether oxygens (including phenoxy) is 1. The summed E-state index contributed by atoms with van der Waals surface area (Å²) in [4.78, 5) is 17.9. The first-order valence-electron chi connectivity index (χ1n) is 6.36. The van der Waals surface area contributed by atoms with E-state index in [1.807, 2.05) is 0 Å². The highest BCUT2D eigenvalue weighted by atomic mass is 16.5. The third kappa shape index (κ3) is 2.78. The van der Waals surface area contributed by atoms with Crippen molar-refractivity contribution in [2.24, 2.45) is 5.92 Å². The highest BCUT2D eigenvalue weighted by Gasteiger charge is 2.26. The number of anilines is 2. The molecule has 0 aliphatic carbocycles. The van der Waals surface area contributed by atoms with Crippen LogP contribution in [0.15, 0.2) is 12.3 Å². The Balaban J connectivity index is 2.19. The molecular weight excluding hydrogens is 246 g/mol. The van der Waals surface area contributed by atoms with Gasteiger partial charge in [0.25, 0.3) is 0 Å². The zero-order chi connectivity index (χ0) is 13.8. The molecule has 3 N–H and O–H groups in total. The van der Waals surface area contributed by atoms with Crippen molar-refractivity contribution in [1.82, 2.24) is 4.98 Å². The molecule has 1 aliphatic rings. The molecular formula is C13H19N3O3. The van der Waals surface area contributed by atoms with Crippen molar-refractivity contribution in [2.45, 2.75) is 12.8 Å². The van der Waals surface area contributed by atoms with E-state index in [0.29, 0.717) is 23.0 Å². The van der Waals surface area contributed by atoms with E-state index in [-0.39, 0.29) is 6.61 Å². The van der Waals surface area contributed by atoms with Crippen LogP contribution >= 0.6 is 0 Å². The van der Waals surface area contributed by atoms with E-state index in [4.69, 9.17) is 15.6 Å². The maximum Gasteiger partial charge on any atom is 0.340 e. The normalized spacial score (nSPS) is 18.6. The molecule has 1 aromatic rings. The zero-order valence-electron chi connectivity index (χ0n) is 11.0. The third-order valence-electron chi connectivity index (χ3n) is 3.50. The van der Waals surface area contributed by atoms with Gasteiger partial charge in [0.15, 0.2) is 5.82 Å². The largest absolute Gasteiger partial charge is 0.465 e. The van der Waals surface area contributed by atoms with E-state index in [1.54, 1.807) is 12.3 Å². The summed E-state index contributed by atoms with van der Waals surface area (Å²) in [5.74, 6) is 0.628. The van der Waals surface area contributed by atoms with E-state index in [1.165, 1.54) is 7.11 Å². The van der Waals surface area contributed by atoms with Crippen LogP contribution in [0.1, 0.15) is 23.2 Å². The molecule has 0 amide bonds. The van der Waals surface area contributed by atoms with Crippen LogP contribution in [0.25, 0.3) is 0 Å². The molecule has 1 saturated heterocycles. The van der Waals surface area contributed by atoms with E-state index in [9.17, 15) is 4.79 Å². The molecule has 2 heterocycles. The first kappa shape index (κ1) is 13.6. The molecule has 1 aromatic heterocycles. The SMILES string of the molecule is COC(=O)c1ccnc(N2CCC(CCO)C2)c1N. The number of nitrogen functional groups attached to an aromatic ring is 1. The number of hydrogen-bond donors (Lipinski definition) is 2. The Hall–Kier alpha value is -1.82. The zero-order valence-corrected chi connectivity index (χ0v) is 11.0. The Morgan fingerprint density at radius 1 is 1.68 bits per heavy atom. The van der Waals surface area contributed by atoms with Gasteiger partial charge in [0.05, 0.1) is 18.4 Å². The third-order valence-corrected chi connectivity index (χ3v) is 3.50. The minimum absolute atomic E-state index is 0.198. The second-order valence-corrected chi connectivity index (χ2v) is 4.70. The van der Waals surface area contributed by atoms with Crippen LogP contribution in [-0.2, 0) is 4.74 Å². The summed E-state index contributed by atoms with van der Waals surface area (Å²) < 4.78 is 4.70. The van der Waals surface area contributed by atoms with Crippen molar-refractivity contribution in [3.63, 3.8) is 0 Å². The lowest BCUT2D eigenvalue weighted by molar-refractivity contribution is 0.0602. The summed E-state index contributed by atoms with van der Waals surface area (Å²) in [6.07, 6.45) is 3.36. The predicted molar refractivity (Wildman–Crippen MR) is 72.0 cm³/mol. The lowest BCUT2D eigenvalue weighted by atomic mass is 10.1. The van der Waals surface area contributed by atoms with Crippen LogP contribution in [0.5, 0.6) is 0 Å². The quantitative estimate of drug-likeness (QED) is 0.777. The number of carbonyl (C=O) groups excluding carboxylic acids is 1. The molecule has 1 aliphatic heterocycles. The Morgan fingerprint density at radius 3 is 3.16 bits per heavy atom. The number of rotatable bonds is 4. The van der Waals surface area contributed by atoms with Gasteiger partial charge in [-0.1, -0.05) is 0 Å².